The lowest BCUT2D eigenvalue weighted by Gasteiger charge is -2.15. The van der Waals surface area contributed by atoms with Crippen molar-refractivity contribution in [1.82, 2.24) is 0 Å². The summed E-state index contributed by atoms with van der Waals surface area (Å²) in [5.74, 6) is 0.161. The van der Waals surface area contributed by atoms with Crippen LogP contribution in [0.25, 0.3) is 0 Å². The summed E-state index contributed by atoms with van der Waals surface area (Å²) >= 11 is 9.30. The van der Waals surface area contributed by atoms with Crippen molar-refractivity contribution in [3.05, 3.63) is 62.8 Å². The molecule has 0 saturated heterocycles. The Hall–Kier alpha value is -1.10. The van der Waals surface area contributed by atoms with Crippen molar-refractivity contribution < 1.29 is 14.2 Å². The van der Waals surface area contributed by atoms with Gasteiger partial charge in [-0.1, -0.05) is 39.7 Å². The fourth-order valence-electron chi connectivity index (χ4n) is 1.93. The van der Waals surface area contributed by atoms with Gasteiger partial charge < -0.3 is 9.84 Å². The molecule has 0 bridgehead atoms. The van der Waals surface area contributed by atoms with E-state index in [1.54, 1.807) is 13.2 Å². The molecule has 0 aliphatic heterocycles. The Morgan fingerprint density at radius 1 is 1.35 bits per heavy atom. The van der Waals surface area contributed by atoms with Crippen molar-refractivity contribution in [2.24, 2.45) is 0 Å². The Labute approximate surface area is 130 Å². The Morgan fingerprint density at radius 3 is 2.80 bits per heavy atom. The molecule has 1 unspecified atom stereocenters. The van der Waals surface area contributed by atoms with Crippen molar-refractivity contribution >= 4 is 27.5 Å². The van der Waals surface area contributed by atoms with Crippen molar-refractivity contribution in [2.75, 3.05) is 7.11 Å². The Bertz CT molecular complexity index is 619. The third kappa shape index (κ3) is 3.32. The summed E-state index contributed by atoms with van der Waals surface area (Å²) in [6.07, 6.45) is -0.581. The monoisotopic (exact) mass is 358 g/mol. The predicted octanol–water partition coefficient (Wildman–Crippen LogP) is 4.53. The Balaban J connectivity index is 2.27. The molecule has 0 aromatic heterocycles. The minimum absolute atomic E-state index is 0.0426. The van der Waals surface area contributed by atoms with Crippen LogP contribution in [0, 0.1) is 5.82 Å². The van der Waals surface area contributed by atoms with Gasteiger partial charge in [-0.15, -0.1) is 0 Å². The number of benzene rings is 2. The largest absolute Gasteiger partial charge is 0.497 e. The van der Waals surface area contributed by atoms with E-state index in [0.29, 0.717) is 17.7 Å². The Morgan fingerprint density at radius 2 is 2.10 bits per heavy atom. The number of ether oxygens (including phenoxy) is 1. The minimum Gasteiger partial charge on any atom is -0.497 e. The number of halogens is 3. The first-order valence-corrected chi connectivity index (χ1v) is 7.14. The van der Waals surface area contributed by atoms with Crippen molar-refractivity contribution in [1.29, 1.82) is 0 Å². The molecule has 0 aliphatic carbocycles. The average molecular weight is 360 g/mol. The van der Waals surface area contributed by atoms with Crippen LogP contribution in [0.1, 0.15) is 17.2 Å². The summed E-state index contributed by atoms with van der Waals surface area (Å²) in [6.45, 7) is 0. The van der Waals surface area contributed by atoms with Gasteiger partial charge in [0.2, 0.25) is 0 Å². The van der Waals surface area contributed by atoms with Crippen molar-refractivity contribution in [2.45, 2.75) is 12.5 Å². The summed E-state index contributed by atoms with van der Waals surface area (Å²) in [4.78, 5) is 0. The van der Waals surface area contributed by atoms with Gasteiger partial charge >= 0.3 is 0 Å². The molecule has 1 atom stereocenters. The van der Waals surface area contributed by atoms with Crippen LogP contribution in [0.15, 0.2) is 40.9 Å². The van der Waals surface area contributed by atoms with Crippen LogP contribution in [0.5, 0.6) is 5.75 Å². The molecule has 2 aromatic carbocycles. The highest BCUT2D eigenvalue weighted by Gasteiger charge is 2.16. The maximum Gasteiger partial charge on any atom is 0.142 e. The molecular formula is C15H13BrClFO2. The van der Waals surface area contributed by atoms with E-state index in [4.69, 9.17) is 16.3 Å². The van der Waals surface area contributed by atoms with Crippen LogP contribution in [-0.2, 0) is 6.42 Å². The van der Waals surface area contributed by atoms with Gasteiger partial charge in [0.05, 0.1) is 18.2 Å². The third-order valence-corrected chi connectivity index (χ3v) is 4.18. The van der Waals surface area contributed by atoms with Crippen molar-refractivity contribution in [3.8, 4) is 5.75 Å². The highest BCUT2D eigenvalue weighted by atomic mass is 79.9. The van der Waals surface area contributed by atoms with Crippen LogP contribution < -0.4 is 4.74 Å². The SMILES string of the molecule is COc1ccc(Br)c(CC(O)c2cccc(F)c2Cl)c1. The zero-order valence-electron chi connectivity index (χ0n) is 10.7. The molecule has 0 heterocycles. The molecule has 5 heteroatoms. The normalized spacial score (nSPS) is 12.2. The molecule has 0 saturated carbocycles. The standard InChI is InChI=1S/C15H13BrClFO2/c1-20-10-5-6-12(16)9(7-10)8-14(19)11-3-2-4-13(18)15(11)17/h2-7,14,19H,8H2,1H3. The summed E-state index contributed by atoms with van der Waals surface area (Å²) < 4.78 is 19.4. The number of hydrogen-bond acceptors (Lipinski definition) is 2. The molecule has 2 aromatic rings. The molecule has 20 heavy (non-hydrogen) atoms. The predicted molar refractivity (Wildman–Crippen MR) is 80.8 cm³/mol. The quantitative estimate of drug-likeness (QED) is 0.869. The lowest BCUT2D eigenvalue weighted by atomic mass is 10.0. The van der Waals surface area contributed by atoms with Gasteiger partial charge in [-0.3, -0.25) is 0 Å². The smallest absolute Gasteiger partial charge is 0.142 e. The van der Waals surface area contributed by atoms with E-state index in [1.165, 1.54) is 12.1 Å². The van der Waals surface area contributed by atoms with E-state index in [-0.39, 0.29) is 5.02 Å². The summed E-state index contributed by atoms with van der Waals surface area (Å²) in [6, 6.07) is 9.88. The number of rotatable bonds is 4. The fourth-order valence-corrected chi connectivity index (χ4v) is 2.59. The van der Waals surface area contributed by atoms with E-state index < -0.39 is 11.9 Å². The second kappa shape index (κ2) is 6.57. The third-order valence-electron chi connectivity index (χ3n) is 3.01. The first kappa shape index (κ1) is 15.3. The molecule has 0 amide bonds. The lowest BCUT2D eigenvalue weighted by molar-refractivity contribution is 0.178. The molecule has 0 spiro atoms. The molecule has 2 nitrogen and oxygen atoms in total. The molecule has 0 fully saturated rings. The number of aliphatic hydroxyl groups excluding tert-OH is 1. The van der Waals surface area contributed by atoms with Crippen LogP contribution >= 0.6 is 27.5 Å². The van der Waals surface area contributed by atoms with E-state index in [9.17, 15) is 9.50 Å². The van der Waals surface area contributed by atoms with E-state index in [1.807, 2.05) is 18.2 Å². The van der Waals surface area contributed by atoms with Gasteiger partial charge in [-0.2, -0.15) is 0 Å². The van der Waals surface area contributed by atoms with E-state index >= 15 is 0 Å². The maximum atomic E-state index is 13.4. The fraction of sp³-hybridized carbons (Fsp3) is 0.200. The van der Waals surface area contributed by atoms with Crippen LogP contribution in [-0.4, -0.2) is 12.2 Å². The first-order chi connectivity index (χ1) is 9.52. The first-order valence-electron chi connectivity index (χ1n) is 5.97. The number of hydrogen-bond donors (Lipinski definition) is 1. The van der Waals surface area contributed by atoms with Crippen LogP contribution in [0.3, 0.4) is 0 Å². The summed E-state index contributed by atoms with van der Waals surface area (Å²) in [5.41, 5.74) is 1.23. The Kier molecular flexibility index (Phi) is 5.02. The molecular weight excluding hydrogens is 347 g/mol. The molecule has 0 aliphatic rings. The zero-order valence-corrected chi connectivity index (χ0v) is 13.1. The molecule has 106 valence electrons. The van der Waals surface area contributed by atoms with Crippen molar-refractivity contribution in [3.63, 3.8) is 0 Å². The lowest BCUT2D eigenvalue weighted by Crippen LogP contribution is -2.04. The molecule has 1 N–H and O–H groups in total. The van der Waals surface area contributed by atoms with Gasteiger partial charge in [-0.05, 0) is 29.8 Å². The van der Waals surface area contributed by atoms with Gasteiger partial charge in [0.1, 0.15) is 11.6 Å². The molecule has 2 rings (SSSR count). The van der Waals surface area contributed by atoms with Gasteiger partial charge in [0, 0.05) is 16.5 Å². The van der Waals surface area contributed by atoms with Crippen LogP contribution in [0.4, 0.5) is 4.39 Å². The second-order valence-corrected chi connectivity index (χ2v) is 5.55. The van der Waals surface area contributed by atoms with Gasteiger partial charge in [0.15, 0.2) is 0 Å². The van der Waals surface area contributed by atoms with Gasteiger partial charge in [0.25, 0.3) is 0 Å². The maximum absolute atomic E-state index is 13.4. The minimum atomic E-state index is -0.887. The average Bonchev–Trinajstić information content (AvgIpc) is 2.44. The second-order valence-electron chi connectivity index (χ2n) is 4.32. The van der Waals surface area contributed by atoms with E-state index in [0.717, 1.165) is 10.0 Å². The number of aliphatic hydroxyl groups is 1. The van der Waals surface area contributed by atoms with Crippen LogP contribution in [0.2, 0.25) is 5.02 Å². The zero-order chi connectivity index (χ0) is 14.7. The highest BCUT2D eigenvalue weighted by molar-refractivity contribution is 9.10. The topological polar surface area (TPSA) is 29.5 Å². The summed E-state index contributed by atoms with van der Waals surface area (Å²) in [7, 11) is 1.58. The molecule has 0 radical (unpaired) electrons. The highest BCUT2D eigenvalue weighted by Crippen LogP contribution is 2.31. The summed E-state index contributed by atoms with van der Waals surface area (Å²) in [5, 5.41) is 10.2. The number of methoxy groups -OCH3 is 1. The van der Waals surface area contributed by atoms with Gasteiger partial charge in [-0.25, -0.2) is 4.39 Å². The van der Waals surface area contributed by atoms with E-state index in [2.05, 4.69) is 15.9 Å².